The van der Waals surface area contributed by atoms with Crippen molar-refractivity contribution in [3.63, 3.8) is 0 Å². The average molecular weight is 232 g/mol. The lowest BCUT2D eigenvalue weighted by Gasteiger charge is -2.35. The van der Waals surface area contributed by atoms with Crippen LogP contribution in [-0.2, 0) is 10.2 Å². The molecule has 0 saturated carbocycles. The van der Waals surface area contributed by atoms with Gasteiger partial charge >= 0.3 is 0 Å². The molecule has 0 saturated heterocycles. The highest BCUT2D eigenvalue weighted by molar-refractivity contribution is 5.87. The lowest BCUT2D eigenvalue weighted by Crippen LogP contribution is -2.38. The molecule has 1 aromatic rings. The van der Waals surface area contributed by atoms with Crippen LogP contribution < -0.4 is 0 Å². The molecule has 0 radical (unpaired) electrons. The van der Waals surface area contributed by atoms with Crippen LogP contribution in [0.3, 0.4) is 0 Å². The first-order chi connectivity index (χ1) is 7.67. The lowest BCUT2D eigenvalue weighted by atomic mass is 9.68. The Balaban J connectivity index is 3.03. The van der Waals surface area contributed by atoms with Gasteiger partial charge in [-0.25, -0.2) is 0 Å². The Morgan fingerprint density at radius 3 is 1.88 bits per heavy atom. The monoisotopic (exact) mass is 232 g/mol. The Hall–Kier alpha value is -1.11. The van der Waals surface area contributed by atoms with E-state index in [4.69, 9.17) is 0 Å². The van der Waals surface area contributed by atoms with E-state index in [1.54, 1.807) is 0 Å². The summed E-state index contributed by atoms with van der Waals surface area (Å²) in [4.78, 5) is 12.4. The predicted molar refractivity (Wildman–Crippen MR) is 73.1 cm³/mol. The van der Waals surface area contributed by atoms with Crippen molar-refractivity contribution in [2.75, 3.05) is 0 Å². The second-order valence-corrected chi connectivity index (χ2v) is 6.42. The van der Waals surface area contributed by atoms with E-state index in [-0.39, 0.29) is 16.7 Å². The fourth-order valence-electron chi connectivity index (χ4n) is 2.09. The Bertz CT molecular complexity index is 382. The molecule has 0 spiro atoms. The summed E-state index contributed by atoms with van der Waals surface area (Å²) in [6, 6.07) is 10.3. The Morgan fingerprint density at radius 2 is 1.47 bits per heavy atom. The second-order valence-electron chi connectivity index (χ2n) is 6.42. The van der Waals surface area contributed by atoms with Gasteiger partial charge in [0.25, 0.3) is 0 Å². The van der Waals surface area contributed by atoms with E-state index in [2.05, 4.69) is 26.0 Å². The molecule has 0 aliphatic carbocycles. The number of Topliss-reactive ketones (excluding diaryl/α,β-unsaturated/α-hetero) is 1. The van der Waals surface area contributed by atoms with Gasteiger partial charge in [-0.3, -0.25) is 4.79 Å². The quantitative estimate of drug-likeness (QED) is 0.762. The number of hydrogen-bond donors (Lipinski definition) is 0. The van der Waals surface area contributed by atoms with Crippen LogP contribution in [-0.4, -0.2) is 5.78 Å². The summed E-state index contributed by atoms with van der Waals surface area (Å²) in [5.74, 6) is 0.344. The average Bonchev–Trinajstić information content (AvgIpc) is 2.27. The van der Waals surface area contributed by atoms with Crippen molar-refractivity contribution in [2.45, 2.75) is 47.0 Å². The predicted octanol–water partition coefficient (Wildman–Crippen LogP) is 4.22. The van der Waals surface area contributed by atoms with Crippen LogP contribution in [0, 0.1) is 11.3 Å². The zero-order valence-electron chi connectivity index (χ0n) is 11.9. The van der Waals surface area contributed by atoms with Crippen LogP contribution in [0.25, 0.3) is 0 Å². The number of carbonyl (C=O) groups is 1. The Kier molecular flexibility index (Phi) is 3.81. The Morgan fingerprint density at radius 1 is 1.00 bits per heavy atom. The molecular weight excluding hydrogens is 208 g/mol. The summed E-state index contributed by atoms with van der Waals surface area (Å²) in [6.07, 6.45) is 0. The number of ketones is 1. The maximum Gasteiger partial charge on any atom is 0.141 e. The van der Waals surface area contributed by atoms with Gasteiger partial charge in [-0.05, 0) is 11.0 Å². The summed E-state index contributed by atoms with van der Waals surface area (Å²) < 4.78 is 0. The zero-order valence-corrected chi connectivity index (χ0v) is 11.9. The highest BCUT2D eigenvalue weighted by Gasteiger charge is 2.37. The molecule has 1 atom stereocenters. The third-order valence-corrected chi connectivity index (χ3v) is 3.73. The zero-order chi connectivity index (χ0) is 13.3. The third kappa shape index (κ3) is 2.96. The van der Waals surface area contributed by atoms with Gasteiger partial charge in [0.1, 0.15) is 5.78 Å². The molecule has 0 bridgehead atoms. The highest BCUT2D eigenvalue weighted by atomic mass is 16.1. The van der Waals surface area contributed by atoms with Crippen molar-refractivity contribution < 1.29 is 4.79 Å². The van der Waals surface area contributed by atoms with Crippen molar-refractivity contribution in [3.8, 4) is 0 Å². The molecule has 1 rings (SSSR count). The molecule has 0 amide bonds. The van der Waals surface area contributed by atoms with E-state index >= 15 is 0 Å². The molecule has 0 aromatic heterocycles. The van der Waals surface area contributed by atoms with E-state index < -0.39 is 0 Å². The van der Waals surface area contributed by atoms with Gasteiger partial charge in [-0.1, -0.05) is 71.9 Å². The van der Waals surface area contributed by atoms with Crippen LogP contribution >= 0.6 is 0 Å². The van der Waals surface area contributed by atoms with Crippen LogP contribution in [0.5, 0.6) is 0 Å². The number of carbonyl (C=O) groups excluding carboxylic acids is 1. The summed E-state index contributed by atoms with van der Waals surface area (Å²) in [6.45, 7) is 12.3. The molecule has 1 heteroatoms. The number of rotatable bonds is 3. The smallest absolute Gasteiger partial charge is 0.141 e. The molecule has 1 unspecified atom stereocenters. The number of hydrogen-bond acceptors (Lipinski definition) is 1. The molecule has 0 fully saturated rings. The van der Waals surface area contributed by atoms with Gasteiger partial charge in [-0.15, -0.1) is 0 Å². The fourth-order valence-corrected chi connectivity index (χ4v) is 2.09. The first-order valence-corrected chi connectivity index (χ1v) is 6.27. The van der Waals surface area contributed by atoms with E-state index in [9.17, 15) is 4.79 Å². The van der Waals surface area contributed by atoms with Crippen molar-refractivity contribution in [1.82, 2.24) is 0 Å². The molecular formula is C16H24O. The van der Waals surface area contributed by atoms with Gasteiger partial charge in [0.15, 0.2) is 0 Å². The molecule has 17 heavy (non-hydrogen) atoms. The maximum atomic E-state index is 12.4. The topological polar surface area (TPSA) is 17.1 Å². The van der Waals surface area contributed by atoms with Crippen LogP contribution in [0.2, 0.25) is 0 Å². The minimum atomic E-state index is -0.272. The summed E-state index contributed by atoms with van der Waals surface area (Å²) >= 11 is 0. The van der Waals surface area contributed by atoms with Crippen LogP contribution in [0.15, 0.2) is 30.3 Å². The standard InChI is InChI=1S/C16H24O/c1-12(14(17)15(2,3)4)16(5,6)13-10-8-7-9-11-13/h7-12H,1-6H3. The van der Waals surface area contributed by atoms with Crippen molar-refractivity contribution in [3.05, 3.63) is 35.9 Å². The SMILES string of the molecule is CC(C(=O)C(C)(C)C)C(C)(C)c1ccccc1. The molecule has 1 aromatic carbocycles. The van der Waals surface area contributed by atoms with Crippen molar-refractivity contribution >= 4 is 5.78 Å². The normalized spacial score (nSPS) is 14.5. The minimum absolute atomic E-state index is 0.0184. The van der Waals surface area contributed by atoms with E-state index in [1.807, 2.05) is 45.9 Å². The summed E-state index contributed by atoms with van der Waals surface area (Å²) in [7, 11) is 0. The second kappa shape index (κ2) is 4.64. The largest absolute Gasteiger partial charge is 0.299 e. The van der Waals surface area contributed by atoms with E-state index in [0.717, 1.165) is 0 Å². The molecule has 0 heterocycles. The van der Waals surface area contributed by atoms with Gasteiger partial charge < -0.3 is 0 Å². The van der Waals surface area contributed by atoms with Gasteiger partial charge in [0, 0.05) is 11.3 Å². The van der Waals surface area contributed by atoms with Crippen molar-refractivity contribution in [1.29, 1.82) is 0 Å². The summed E-state index contributed by atoms with van der Waals surface area (Å²) in [5, 5.41) is 0. The fraction of sp³-hybridized carbons (Fsp3) is 0.562. The summed E-state index contributed by atoms with van der Waals surface area (Å²) in [5.41, 5.74) is 0.835. The van der Waals surface area contributed by atoms with Gasteiger partial charge in [0.05, 0.1) is 0 Å². The molecule has 1 nitrogen and oxygen atoms in total. The maximum absolute atomic E-state index is 12.4. The highest BCUT2D eigenvalue weighted by Crippen LogP contribution is 2.36. The van der Waals surface area contributed by atoms with Gasteiger partial charge in [-0.2, -0.15) is 0 Å². The molecule has 0 N–H and O–H groups in total. The van der Waals surface area contributed by atoms with Gasteiger partial charge in [0.2, 0.25) is 0 Å². The first-order valence-electron chi connectivity index (χ1n) is 6.27. The molecule has 0 aliphatic rings. The third-order valence-electron chi connectivity index (χ3n) is 3.73. The van der Waals surface area contributed by atoms with Crippen LogP contribution in [0.4, 0.5) is 0 Å². The Labute approximate surface area is 105 Å². The van der Waals surface area contributed by atoms with Crippen LogP contribution in [0.1, 0.15) is 47.1 Å². The van der Waals surface area contributed by atoms with E-state index in [0.29, 0.717) is 5.78 Å². The number of benzene rings is 1. The molecule has 0 aliphatic heterocycles. The first kappa shape index (κ1) is 14.0. The minimum Gasteiger partial charge on any atom is -0.299 e. The molecule has 94 valence electrons. The van der Waals surface area contributed by atoms with Crippen molar-refractivity contribution in [2.24, 2.45) is 11.3 Å². The lowest BCUT2D eigenvalue weighted by molar-refractivity contribution is -0.131. The van der Waals surface area contributed by atoms with E-state index in [1.165, 1.54) is 5.56 Å².